The van der Waals surface area contributed by atoms with Crippen molar-refractivity contribution >= 4 is 21.6 Å². The SMILES string of the molecule is COc1ccc(C)cc1NS(=O)(=O)c1ccc(C(=O)NC2CC2)cc1. The number of ether oxygens (including phenoxy) is 1. The highest BCUT2D eigenvalue weighted by molar-refractivity contribution is 7.92. The molecule has 2 N–H and O–H groups in total. The van der Waals surface area contributed by atoms with E-state index in [2.05, 4.69) is 10.0 Å². The molecule has 1 aliphatic carbocycles. The molecule has 0 spiro atoms. The van der Waals surface area contributed by atoms with Crippen LogP contribution in [0.1, 0.15) is 28.8 Å². The molecule has 6 nitrogen and oxygen atoms in total. The lowest BCUT2D eigenvalue weighted by atomic mass is 10.2. The van der Waals surface area contributed by atoms with Gasteiger partial charge in [-0.05, 0) is 61.7 Å². The predicted molar refractivity (Wildman–Crippen MR) is 95.5 cm³/mol. The number of anilines is 1. The summed E-state index contributed by atoms with van der Waals surface area (Å²) < 4.78 is 32.9. The van der Waals surface area contributed by atoms with Crippen molar-refractivity contribution < 1.29 is 17.9 Å². The van der Waals surface area contributed by atoms with Crippen LogP contribution in [0.25, 0.3) is 0 Å². The van der Waals surface area contributed by atoms with E-state index in [1.54, 1.807) is 12.1 Å². The minimum atomic E-state index is -3.78. The maximum absolute atomic E-state index is 12.6. The van der Waals surface area contributed by atoms with Gasteiger partial charge in [-0.25, -0.2) is 8.42 Å². The molecule has 2 aromatic carbocycles. The standard InChI is InChI=1S/C18H20N2O4S/c1-12-3-10-17(24-2)16(11-12)20-25(22,23)15-8-4-13(5-9-15)18(21)19-14-6-7-14/h3-5,8-11,14,20H,6-7H2,1-2H3,(H,19,21). The Morgan fingerprint density at radius 3 is 2.40 bits per heavy atom. The second-order valence-electron chi connectivity index (χ2n) is 6.08. The first-order valence-corrected chi connectivity index (χ1v) is 9.46. The maximum Gasteiger partial charge on any atom is 0.262 e. The lowest BCUT2D eigenvalue weighted by Crippen LogP contribution is -2.25. The summed E-state index contributed by atoms with van der Waals surface area (Å²) in [5.74, 6) is 0.259. The average molecular weight is 360 g/mol. The van der Waals surface area contributed by atoms with Crippen molar-refractivity contribution in [2.45, 2.75) is 30.7 Å². The van der Waals surface area contributed by atoms with E-state index in [0.717, 1.165) is 18.4 Å². The van der Waals surface area contributed by atoms with E-state index in [1.165, 1.54) is 31.4 Å². The molecule has 3 rings (SSSR count). The minimum absolute atomic E-state index is 0.0824. The van der Waals surface area contributed by atoms with Gasteiger partial charge in [0, 0.05) is 11.6 Å². The highest BCUT2D eigenvalue weighted by Crippen LogP contribution is 2.28. The normalized spacial score (nSPS) is 14.0. The molecule has 0 aromatic heterocycles. The van der Waals surface area contributed by atoms with Crippen LogP contribution in [-0.2, 0) is 10.0 Å². The van der Waals surface area contributed by atoms with Crippen LogP contribution in [0.5, 0.6) is 5.75 Å². The van der Waals surface area contributed by atoms with Crippen molar-refractivity contribution in [3.05, 3.63) is 53.6 Å². The van der Waals surface area contributed by atoms with Gasteiger partial charge in [0.1, 0.15) is 5.75 Å². The number of aryl methyl sites for hydroxylation is 1. The number of nitrogens with one attached hydrogen (secondary N) is 2. The van der Waals surface area contributed by atoms with Crippen LogP contribution in [0.3, 0.4) is 0 Å². The summed E-state index contributed by atoms with van der Waals surface area (Å²) in [5.41, 5.74) is 1.72. The Balaban J connectivity index is 1.80. The van der Waals surface area contributed by atoms with Crippen molar-refractivity contribution in [3.63, 3.8) is 0 Å². The summed E-state index contributed by atoms with van der Waals surface area (Å²) in [6.45, 7) is 1.87. The van der Waals surface area contributed by atoms with Crippen molar-refractivity contribution in [1.82, 2.24) is 5.32 Å². The van der Waals surface area contributed by atoms with Crippen LogP contribution in [-0.4, -0.2) is 27.5 Å². The molecule has 2 aromatic rings. The Hall–Kier alpha value is -2.54. The third-order valence-corrected chi connectivity index (χ3v) is 5.32. The molecule has 0 bridgehead atoms. The van der Waals surface area contributed by atoms with Crippen molar-refractivity contribution in [1.29, 1.82) is 0 Å². The number of methoxy groups -OCH3 is 1. The zero-order valence-corrected chi connectivity index (χ0v) is 14.9. The molecule has 25 heavy (non-hydrogen) atoms. The fourth-order valence-corrected chi connectivity index (χ4v) is 3.45. The molecule has 0 heterocycles. The fourth-order valence-electron chi connectivity index (χ4n) is 2.39. The van der Waals surface area contributed by atoms with Gasteiger partial charge >= 0.3 is 0 Å². The van der Waals surface area contributed by atoms with Crippen LogP contribution in [0.4, 0.5) is 5.69 Å². The van der Waals surface area contributed by atoms with E-state index in [1.807, 2.05) is 13.0 Å². The van der Waals surface area contributed by atoms with E-state index in [-0.39, 0.29) is 16.8 Å². The van der Waals surface area contributed by atoms with Gasteiger partial charge in [0.15, 0.2) is 0 Å². The summed E-state index contributed by atoms with van der Waals surface area (Å²) in [5, 5.41) is 2.87. The molecule has 0 atom stereocenters. The maximum atomic E-state index is 12.6. The quantitative estimate of drug-likeness (QED) is 0.829. The molecule has 1 amide bonds. The van der Waals surface area contributed by atoms with Crippen molar-refractivity contribution in [3.8, 4) is 5.75 Å². The summed E-state index contributed by atoms with van der Waals surface area (Å²) >= 11 is 0. The Labute approximate surface area is 147 Å². The van der Waals surface area contributed by atoms with E-state index in [0.29, 0.717) is 17.0 Å². The van der Waals surface area contributed by atoms with E-state index < -0.39 is 10.0 Å². The van der Waals surface area contributed by atoms with Gasteiger partial charge in [-0.3, -0.25) is 9.52 Å². The highest BCUT2D eigenvalue weighted by atomic mass is 32.2. The Morgan fingerprint density at radius 2 is 1.80 bits per heavy atom. The molecule has 0 aliphatic heterocycles. The largest absolute Gasteiger partial charge is 0.495 e. The van der Waals surface area contributed by atoms with Crippen LogP contribution in [0.2, 0.25) is 0 Å². The predicted octanol–water partition coefficient (Wildman–Crippen LogP) is 2.70. The van der Waals surface area contributed by atoms with Crippen LogP contribution >= 0.6 is 0 Å². The van der Waals surface area contributed by atoms with Gasteiger partial charge in [0.05, 0.1) is 17.7 Å². The van der Waals surface area contributed by atoms with Crippen molar-refractivity contribution in [2.24, 2.45) is 0 Å². The summed E-state index contributed by atoms with van der Waals surface area (Å²) in [4.78, 5) is 12.1. The van der Waals surface area contributed by atoms with E-state index >= 15 is 0 Å². The van der Waals surface area contributed by atoms with Crippen LogP contribution in [0.15, 0.2) is 47.4 Å². The number of rotatable bonds is 6. The van der Waals surface area contributed by atoms with E-state index in [9.17, 15) is 13.2 Å². The smallest absolute Gasteiger partial charge is 0.262 e. The first-order valence-electron chi connectivity index (χ1n) is 7.97. The monoisotopic (exact) mass is 360 g/mol. The number of benzene rings is 2. The molecule has 132 valence electrons. The van der Waals surface area contributed by atoms with Gasteiger partial charge in [-0.2, -0.15) is 0 Å². The number of sulfonamides is 1. The number of carbonyl (C=O) groups is 1. The summed E-state index contributed by atoms with van der Waals surface area (Å²) in [6.07, 6.45) is 2.00. The van der Waals surface area contributed by atoms with Gasteiger partial charge in [0.25, 0.3) is 15.9 Å². The minimum Gasteiger partial charge on any atom is -0.495 e. The van der Waals surface area contributed by atoms with E-state index in [4.69, 9.17) is 4.74 Å². The van der Waals surface area contributed by atoms with Crippen molar-refractivity contribution in [2.75, 3.05) is 11.8 Å². The third kappa shape index (κ3) is 4.11. The summed E-state index contributed by atoms with van der Waals surface area (Å²) in [7, 11) is -2.30. The Morgan fingerprint density at radius 1 is 1.12 bits per heavy atom. The molecule has 0 unspecified atom stereocenters. The van der Waals surface area contributed by atoms with Gasteiger partial charge in [-0.15, -0.1) is 0 Å². The second-order valence-corrected chi connectivity index (χ2v) is 7.76. The van der Waals surface area contributed by atoms with Gasteiger partial charge < -0.3 is 10.1 Å². The molecule has 0 saturated heterocycles. The molecular formula is C18H20N2O4S. The molecule has 1 aliphatic rings. The number of hydrogen-bond donors (Lipinski definition) is 2. The molecular weight excluding hydrogens is 340 g/mol. The lowest BCUT2D eigenvalue weighted by Gasteiger charge is -2.13. The molecule has 7 heteroatoms. The number of hydrogen-bond acceptors (Lipinski definition) is 4. The molecule has 0 radical (unpaired) electrons. The van der Waals surface area contributed by atoms with Crippen LogP contribution in [0, 0.1) is 6.92 Å². The van der Waals surface area contributed by atoms with Gasteiger partial charge in [-0.1, -0.05) is 6.07 Å². The first-order chi connectivity index (χ1) is 11.9. The zero-order chi connectivity index (χ0) is 18.0. The fraction of sp³-hybridized carbons (Fsp3) is 0.278. The second kappa shape index (κ2) is 6.76. The Kier molecular flexibility index (Phi) is 4.67. The van der Waals surface area contributed by atoms with Crippen LogP contribution < -0.4 is 14.8 Å². The number of carbonyl (C=O) groups excluding carboxylic acids is 1. The lowest BCUT2D eigenvalue weighted by molar-refractivity contribution is 0.0951. The average Bonchev–Trinajstić information content (AvgIpc) is 3.39. The Bertz CT molecular complexity index is 888. The van der Waals surface area contributed by atoms with Gasteiger partial charge in [0.2, 0.25) is 0 Å². The summed E-state index contributed by atoms with van der Waals surface area (Å²) in [6, 6.07) is 11.4. The number of amides is 1. The highest BCUT2D eigenvalue weighted by Gasteiger charge is 2.24. The topological polar surface area (TPSA) is 84.5 Å². The third-order valence-electron chi connectivity index (χ3n) is 3.94. The molecule has 1 saturated carbocycles. The first kappa shape index (κ1) is 17.3. The molecule has 1 fully saturated rings. The zero-order valence-electron chi connectivity index (χ0n) is 14.1.